The monoisotopic (exact) mass is 617 g/mol. The molecule has 0 radical (unpaired) electrons. The van der Waals surface area contributed by atoms with Gasteiger partial charge in [-0.05, 0) is 52.6 Å². The molecule has 8 rings (SSSR count). The number of ether oxygens (including phenoxy) is 1. The molecule has 0 bridgehead atoms. The van der Waals surface area contributed by atoms with Crippen LogP contribution in [0.15, 0.2) is 152 Å². The Bertz CT molecular complexity index is 2280. The van der Waals surface area contributed by atoms with Crippen molar-refractivity contribution in [1.82, 2.24) is 9.97 Å². The van der Waals surface area contributed by atoms with Crippen molar-refractivity contribution >= 4 is 0 Å². The molecule has 48 heavy (non-hydrogen) atoms. The summed E-state index contributed by atoms with van der Waals surface area (Å²) >= 11 is 0. The van der Waals surface area contributed by atoms with Gasteiger partial charge in [-0.25, -0.2) is 9.97 Å². The first-order valence-corrected chi connectivity index (χ1v) is 16.0. The van der Waals surface area contributed by atoms with Crippen LogP contribution in [0.3, 0.4) is 0 Å². The summed E-state index contributed by atoms with van der Waals surface area (Å²) in [6, 6.07) is 53.9. The molecule has 0 spiro atoms. The second-order valence-corrected chi connectivity index (χ2v) is 12.6. The molecule has 0 fully saturated rings. The molecule has 6 aromatic carbocycles. The van der Waals surface area contributed by atoms with Crippen LogP contribution in [0, 0.1) is 11.3 Å². The normalized spacial score (nSPS) is 12.7. The summed E-state index contributed by atoms with van der Waals surface area (Å²) < 4.78 is 6.45. The molecule has 1 aliphatic rings. The minimum atomic E-state index is -0.300. The van der Waals surface area contributed by atoms with Crippen molar-refractivity contribution in [1.29, 1.82) is 5.26 Å². The fourth-order valence-corrected chi connectivity index (χ4v) is 6.61. The van der Waals surface area contributed by atoms with Crippen molar-refractivity contribution in [2.75, 3.05) is 0 Å². The third kappa shape index (κ3) is 5.22. The molecule has 0 saturated carbocycles. The molecule has 0 unspecified atom stereocenters. The highest BCUT2D eigenvalue weighted by atomic mass is 16.5. The Kier molecular flexibility index (Phi) is 7.16. The molecule has 4 nitrogen and oxygen atoms in total. The minimum Gasteiger partial charge on any atom is -0.457 e. The van der Waals surface area contributed by atoms with Crippen LogP contribution in [0.2, 0.25) is 0 Å². The van der Waals surface area contributed by atoms with E-state index in [4.69, 9.17) is 14.7 Å². The third-order valence-corrected chi connectivity index (χ3v) is 9.21. The molecule has 228 valence electrons. The Labute approximate surface area is 280 Å². The van der Waals surface area contributed by atoms with E-state index in [9.17, 15) is 5.26 Å². The summed E-state index contributed by atoms with van der Waals surface area (Å²) in [5.41, 5.74) is 11.7. The number of rotatable bonds is 5. The average Bonchev–Trinajstić information content (AvgIpc) is 3.15. The van der Waals surface area contributed by atoms with Gasteiger partial charge >= 0.3 is 0 Å². The van der Waals surface area contributed by atoms with E-state index < -0.39 is 0 Å². The van der Waals surface area contributed by atoms with Gasteiger partial charge in [0.05, 0.1) is 23.0 Å². The highest BCUT2D eigenvalue weighted by Crippen LogP contribution is 2.49. The highest BCUT2D eigenvalue weighted by Gasteiger charge is 2.34. The molecular weight excluding hydrogens is 587 g/mol. The third-order valence-electron chi connectivity index (χ3n) is 9.21. The van der Waals surface area contributed by atoms with Crippen LogP contribution in [-0.4, -0.2) is 9.97 Å². The summed E-state index contributed by atoms with van der Waals surface area (Å²) in [5, 5.41) is 9.47. The lowest BCUT2D eigenvalue weighted by atomic mass is 9.75. The van der Waals surface area contributed by atoms with Gasteiger partial charge in [-0.1, -0.05) is 135 Å². The maximum absolute atomic E-state index is 9.47. The Morgan fingerprint density at radius 2 is 1.06 bits per heavy atom. The number of hydrogen-bond acceptors (Lipinski definition) is 4. The summed E-state index contributed by atoms with van der Waals surface area (Å²) in [7, 11) is 0. The van der Waals surface area contributed by atoms with Crippen molar-refractivity contribution in [3.05, 3.63) is 168 Å². The molecular formula is C44H31N3O. The zero-order valence-electron chi connectivity index (χ0n) is 26.7. The largest absolute Gasteiger partial charge is 0.457 e. The molecule has 1 aliphatic heterocycles. The lowest BCUT2D eigenvalue weighted by Gasteiger charge is -2.35. The van der Waals surface area contributed by atoms with E-state index >= 15 is 0 Å². The molecule has 0 N–H and O–H groups in total. The van der Waals surface area contributed by atoms with Crippen LogP contribution in [0.5, 0.6) is 11.5 Å². The fourth-order valence-electron chi connectivity index (χ4n) is 6.61. The molecule has 0 aliphatic carbocycles. The van der Waals surface area contributed by atoms with E-state index in [0.717, 1.165) is 73.0 Å². The van der Waals surface area contributed by atoms with Gasteiger partial charge in [-0.15, -0.1) is 0 Å². The molecule has 0 saturated heterocycles. The van der Waals surface area contributed by atoms with Gasteiger partial charge in [-0.2, -0.15) is 5.26 Å². The molecule has 7 aromatic rings. The van der Waals surface area contributed by atoms with Crippen LogP contribution in [0.1, 0.15) is 30.5 Å². The number of aromatic nitrogens is 2. The first-order chi connectivity index (χ1) is 23.5. The van der Waals surface area contributed by atoms with Gasteiger partial charge in [0.15, 0.2) is 5.82 Å². The van der Waals surface area contributed by atoms with E-state index in [1.807, 2.05) is 66.7 Å². The molecule has 1 aromatic heterocycles. The van der Waals surface area contributed by atoms with Gasteiger partial charge in [0.25, 0.3) is 0 Å². The second-order valence-electron chi connectivity index (χ2n) is 12.6. The SMILES string of the molecule is CC1(C)c2ccc(-c3ccccc3-c3ccc(-c4cc(-c5ccccc5)nc(-c5ccccc5)n4)cc3)cc2Oc2ccc(C#N)cc21. The van der Waals surface area contributed by atoms with Crippen LogP contribution in [-0.2, 0) is 5.41 Å². The van der Waals surface area contributed by atoms with Crippen LogP contribution < -0.4 is 4.74 Å². The molecule has 4 heteroatoms. The standard InChI is InChI=1S/C44H31N3O/c1-44(2)37-23-22-34(26-42(37)48-41-24-17-29(28-45)25-38(41)44)36-16-10-9-15-35(36)30-18-20-32(21-19-30)40-27-39(31-11-5-3-6-12-31)46-43(47-40)33-13-7-4-8-14-33/h3-27H,1-2H3. The number of hydrogen-bond donors (Lipinski definition) is 0. The number of nitrogens with zero attached hydrogens (tertiary/aromatic N) is 3. The Morgan fingerprint density at radius 1 is 0.500 bits per heavy atom. The molecule has 0 atom stereocenters. The van der Waals surface area contributed by atoms with Crippen molar-refractivity contribution in [3.63, 3.8) is 0 Å². The van der Waals surface area contributed by atoms with Crippen LogP contribution >= 0.6 is 0 Å². The van der Waals surface area contributed by atoms with Crippen molar-refractivity contribution in [3.8, 4) is 73.7 Å². The first-order valence-electron chi connectivity index (χ1n) is 16.0. The zero-order chi connectivity index (χ0) is 32.7. The maximum atomic E-state index is 9.47. The quantitative estimate of drug-likeness (QED) is 0.193. The Balaban J connectivity index is 1.16. The summed E-state index contributed by atoms with van der Waals surface area (Å²) in [6.45, 7) is 4.37. The average molecular weight is 618 g/mol. The molecule has 0 amide bonds. The predicted octanol–water partition coefficient (Wildman–Crippen LogP) is 11.1. The zero-order valence-corrected chi connectivity index (χ0v) is 26.7. The Morgan fingerprint density at radius 3 is 1.73 bits per heavy atom. The van der Waals surface area contributed by atoms with E-state index in [1.54, 1.807) is 0 Å². The molecule has 2 heterocycles. The van der Waals surface area contributed by atoms with E-state index in [2.05, 4.69) is 105 Å². The van der Waals surface area contributed by atoms with Gasteiger partial charge in [-0.3, -0.25) is 0 Å². The number of nitriles is 1. The number of benzene rings is 6. The Hall–Kier alpha value is -6.31. The summed E-state index contributed by atoms with van der Waals surface area (Å²) in [4.78, 5) is 9.94. The van der Waals surface area contributed by atoms with E-state index in [-0.39, 0.29) is 5.41 Å². The summed E-state index contributed by atoms with van der Waals surface area (Å²) in [5.74, 6) is 2.34. The van der Waals surface area contributed by atoms with Gasteiger partial charge in [0.1, 0.15) is 11.5 Å². The predicted molar refractivity (Wildman–Crippen MR) is 193 cm³/mol. The van der Waals surface area contributed by atoms with Crippen LogP contribution in [0.4, 0.5) is 0 Å². The van der Waals surface area contributed by atoms with Gasteiger partial charge in [0.2, 0.25) is 0 Å². The van der Waals surface area contributed by atoms with E-state index in [0.29, 0.717) is 11.4 Å². The van der Waals surface area contributed by atoms with Crippen molar-refractivity contribution < 1.29 is 4.74 Å². The van der Waals surface area contributed by atoms with Gasteiger partial charge < -0.3 is 4.74 Å². The topological polar surface area (TPSA) is 58.8 Å². The lowest BCUT2D eigenvalue weighted by molar-refractivity contribution is 0.418. The maximum Gasteiger partial charge on any atom is 0.160 e. The highest BCUT2D eigenvalue weighted by molar-refractivity contribution is 5.85. The minimum absolute atomic E-state index is 0.300. The first kappa shape index (κ1) is 29.1. The summed E-state index contributed by atoms with van der Waals surface area (Å²) in [6.07, 6.45) is 0. The lowest BCUT2D eigenvalue weighted by Crippen LogP contribution is -2.24. The van der Waals surface area contributed by atoms with E-state index in [1.165, 1.54) is 0 Å². The van der Waals surface area contributed by atoms with Gasteiger partial charge in [0, 0.05) is 33.2 Å². The fraction of sp³-hybridized carbons (Fsp3) is 0.0682. The van der Waals surface area contributed by atoms with Crippen molar-refractivity contribution in [2.45, 2.75) is 19.3 Å². The second kappa shape index (κ2) is 11.8. The van der Waals surface area contributed by atoms with Crippen LogP contribution in [0.25, 0.3) is 56.2 Å². The number of fused-ring (bicyclic) bond motifs is 2. The smallest absolute Gasteiger partial charge is 0.160 e. The van der Waals surface area contributed by atoms with Crippen molar-refractivity contribution in [2.24, 2.45) is 0 Å².